The molecule has 0 bridgehead atoms. The van der Waals surface area contributed by atoms with Crippen molar-refractivity contribution in [2.75, 3.05) is 23.7 Å². The summed E-state index contributed by atoms with van der Waals surface area (Å²) in [5, 5.41) is 3.03. The molecule has 2 aliphatic rings. The van der Waals surface area contributed by atoms with Crippen LogP contribution in [0.1, 0.15) is 24.8 Å². The molecule has 1 aliphatic carbocycles. The largest absolute Gasteiger partial charge is 0.398 e. The third-order valence-electron chi connectivity index (χ3n) is 3.66. The Labute approximate surface area is 119 Å². The van der Waals surface area contributed by atoms with Crippen molar-refractivity contribution in [3.8, 4) is 0 Å². The maximum absolute atomic E-state index is 11.9. The molecule has 0 spiro atoms. The Bertz CT molecular complexity index is 474. The molecule has 1 fully saturated rings. The maximum atomic E-state index is 11.9. The van der Waals surface area contributed by atoms with Gasteiger partial charge < -0.3 is 16.0 Å². The molecule has 1 heterocycles. The Kier molecular flexibility index (Phi) is 4.20. The molecule has 1 aromatic carbocycles. The summed E-state index contributed by atoms with van der Waals surface area (Å²) < 4.78 is 0. The Morgan fingerprint density at radius 1 is 1.42 bits per heavy atom. The summed E-state index contributed by atoms with van der Waals surface area (Å²) in [7, 11) is 0. The molecule has 3 rings (SSSR count). The van der Waals surface area contributed by atoms with E-state index in [-0.39, 0.29) is 18.3 Å². The molecular weight excluding hydrogens is 262 g/mol. The van der Waals surface area contributed by atoms with Crippen molar-refractivity contribution in [1.82, 2.24) is 5.32 Å². The summed E-state index contributed by atoms with van der Waals surface area (Å²) in [5.74, 6) is 0.132. The van der Waals surface area contributed by atoms with Crippen molar-refractivity contribution < 1.29 is 4.79 Å². The minimum Gasteiger partial charge on any atom is -0.398 e. The van der Waals surface area contributed by atoms with E-state index < -0.39 is 0 Å². The molecule has 1 aliphatic heterocycles. The number of benzene rings is 1. The van der Waals surface area contributed by atoms with Crippen LogP contribution in [0.3, 0.4) is 0 Å². The molecule has 3 N–H and O–H groups in total. The molecule has 19 heavy (non-hydrogen) atoms. The van der Waals surface area contributed by atoms with Crippen LogP contribution in [0, 0.1) is 0 Å². The van der Waals surface area contributed by atoms with E-state index in [1.807, 2.05) is 12.1 Å². The van der Waals surface area contributed by atoms with Crippen molar-refractivity contribution in [1.29, 1.82) is 0 Å². The fourth-order valence-electron chi connectivity index (χ4n) is 2.57. The van der Waals surface area contributed by atoms with Gasteiger partial charge in [0.15, 0.2) is 0 Å². The highest BCUT2D eigenvalue weighted by Crippen LogP contribution is 2.31. The first-order valence-electron chi connectivity index (χ1n) is 6.66. The smallest absolute Gasteiger partial charge is 0.239 e. The van der Waals surface area contributed by atoms with E-state index in [0.29, 0.717) is 12.6 Å². The van der Waals surface area contributed by atoms with Crippen LogP contribution in [0.2, 0.25) is 0 Å². The highest BCUT2D eigenvalue weighted by atomic mass is 35.5. The van der Waals surface area contributed by atoms with Crippen molar-refractivity contribution in [3.05, 3.63) is 23.8 Å². The van der Waals surface area contributed by atoms with Crippen LogP contribution in [-0.2, 0) is 11.2 Å². The first-order chi connectivity index (χ1) is 8.74. The van der Waals surface area contributed by atoms with Gasteiger partial charge in [-0.15, -0.1) is 12.4 Å². The van der Waals surface area contributed by atoms with Crippen LogP contribution in [0.4, 0.5) is 11.4 Å². The molecule has 0 atom stereocenters. The Hall–Kier alpha value is -1.42. The number of anilines is 2. The number of rotatable bonds is 3. The molecule has 1 amide bonds. The molecule has 1 aromatic rings. The van der Waals surface area contributed by atoms with E-state index in [2.05, 4.69) is 16.3 Å². The highest BCUT2D eigenvalue weighted by Gasteiger charge is 2.25. The summed E-state index contributed by atoms with van der Waals surface area (Å²) in [6.07, 6.45) is 4.35. The molecule has 0 aromatic heterocycles. The van der Waals surface area contributed by atoms with E-state index >= 15 is 0 Å². The first-order valence-corrected chi connectivity index (χ1v) is 6.66. The van der Waals surface area contributed by atoms with Crippen LogP contribution in [0.25, 0.3) is 0 Å². The van der Waals surface area contributed by atoms with Gasteiger partial charge in [-0.3, -0.25) is 4.79 Å². The number of carbonyl (C=O) groups excluding carboxylic acids is 1. The summed E-state index contributed by atoms with van der Waals surface area (Å²) in [5.41, 5.74) is 9.17. The van der Waals surface area contributed by atoms with E-state index in [1.54, 1.807) is 0 Å². The fraction of sp³-hybridized carbons (Fsp3) is 0.500. The lowest BCUT2D eigenvalue weighted by molar-refractivity contribution is -0.119. The third kappa shape index (κ3) is 3.13. The number of hydrogen-bond acceptors (Lipinski definition) is 3. The highest BCUT2D eigenvalue weighted by molar-refractivity contribution is 5.85. The van der Waals surface area contributed by atoms with Crippen LogP contribution in [0.5, 0.6) is 0 Å². The van der Waals surface area contributed by atoms with Crippen LogP contribution in [0.15, 0.2) is 18.2 Å². The van der Waals surface area contributed by atoms with Gasteiger partial charge in [0.1, 0.15) is 0 Å². The number of nitrogen functional groups attached to an aromatic ring is 1. The van der Waals surface area contributed by atoms with Gasteiger partial charge in [-0.2, -0.15) is 0 Å². The van der Waals surface area contributed by atoms with Gasteiger partial charge in [0.25, 0.3) is 0 Å². The zero-order valence-electron chi connectivity index (χ0n) is 10.9. The number of halogens is 1. The number of hydrogen-bond donors (Lipinski definition) is 2. The van der Waals surface area contributed by atoms with Gasteiger partial charge in [0, 0.05) is 24.0 Å². The number of nitrogens with one attached hydrogen (secondary N) is 1. The van der Waals surface area contributed by atoms with E-state index in [0.717, 1.165) is 43.6 Å². The van der Waals surface area contributed by atoms with E-state index in [4.69, 9.17) is 5.73 Å². The predicted molar refractivity (Wildman–Crippen MR) is 79.8 cm³/mol. The fourth-order valence-corrected chi connectivity index (χ4v) is 2.57. The monoisotopic (exact) mass is 281 g/mol. The SMILES string of the molecule is Cl.Nc1cccc2c1CCCN2CC(=O)NC1CC1. The molecule has 0 unspecified atom stereocenters. The number of nitrogens with zero attached hydrogens (tertiary/aromatic N) is 1. The number of amides is 1. The number of nitrogens with two attached hydrogens (primary N) is 1. The number of carbonyl (C=O) groups is 1. The summed E-state index contributed by atoms with van der Waals surface area (Å²) in [6, 6.07) is 6.40. The van der Waals surface area contributed by atoms with E-state index in [9.17, 15) is 4.79 Å². The van der Waals surface area contributed by atoms with Gasteiger partial charge >= 0.3 is 0 Å². The lowest BCUT2D eigenvalue weighted by Gasteiger charge is -2.31. The molecule has 4 nitrogen and oxygen atoms in total. The minimum absolute atomic E-state index is 0. The molecule has 104 valence electrons. The summed E-state index contributed by atoms with van der Waals surface area (Å²) >= 11 is 0. The van der Waals surface area contributed by atoms with Gasteiger partial charge in [0.05, 0.1) is 6.54 Å². The van der Waals surface area contributed by atoms with Crippen molar-refractivity contribution in [3.63, 3.8) is 0 Å². The molecular formula is C14H20ClN3O. The van der Waals surface area contributed by atoms with Gasteiger partial charge in [-0.25, -0.2) is 0 Å². The average molecular weight is 282 g/mol. The van der Waals surface area contributed by atoms with Crippen LogP contribution in [-0.4, -0.2) is 25.0 Å². The molecule has 0 radical (unpaired) electrons. The minimum atomic E-state index is 0. The first kappa shape index (κ1) is 14.0. The summed E-state index contributed by atoms with van der Waals surface area (Å²) in [6.45, 7) is 1.39. The second kappa shape index (κ2) is 5.70. The summed E-state index contributed by atoms with van der Waals surface area (Å²) in [4.78, 5) is 14.0. The standard InChI is InChI=1S/C14H19N3O.ClH/c15-12-4-1-5-13-11(12)3-2-8-17(13)9-14(18)16-10-6-7-10;/h1,4-5,10H,2-3,6-9,15H2,(H,16,18);1H. The Balaban J connectivity index is 0.00000133. The lowest BCUT2D eigenvalue weighted by atomic mass is 10.00. The van der Waals surface area contributed by atoms with Gasteiger partial charge in [0.2, 0.25) is 5.91 Å². The Morgan fingerprint density at radius 3 is 2.95 bits per heavy atom. The second-order valence-electron chi connectivity index (χ2n) is 5.21. The predicted octanol–water partition coefficient (Wildman–Crippen LogP) is 1.72. The third-order valence-corrected chi connectivity index (χ3v) is 3.66. The van der Waals surface area contributed by atoms with Crippen molar-refractivity contribution in [2.24, 2.45) is 0 Å². The van der Waals surface area contributed by atoms with Crippen molar-refractivity contribution in [2.45, 2.75) is 31.7 Å². The second-order valence-corrected chi connectivity index (χ2v) is 5.21. The number of fused-ring (bicyclic) bond motifs is 1. The van der Waals surface area contributed by atoms with E-state index in [1.165, 1.54) is 5.56 Å². The zero-order valence-corrected chi connectivity index (χ0v) is 11.7. The van der Waals surface area contributed by atoms with Crippen LogP contribution >= 0.6 is 12.4 Å². The van der Waals surface area contributed by atoms with Gasteiger partial charge in [-0.05, 0) is 43.4 Å². The van der Waals surface area contributed by atoms with Crippen LogP contribution < -0.4 is 16.0 Å². The van der Waals surface area contributed by atoms with Gasteiger partial charge in [-0.1, -0.05) is 6.07 Å². The zero-order chi connectivity index (χ0) is 12.5. The molecule has 0 saturated heterocycles. The molecule has 5 heteroatoms. The Morgan fingerprint density at radius 2 is 2.21 bits per heavy atom. The maximum Gasteiger partial charge on any atom is 0.239 e. The lowest BCUT2D eigenvalue weighted by Crippen LogP contribution is -2.40. The quantitative estimate of drug-likeness (QED) is 0.830. The topological polar surface area (TPSA) is 58.4 Å². The average Bonchev–Trinajstić information content (AvgIpc) is 3.14. The van der Waals surface area contributed by atoms with Crippen molar-refractivity contribution >= 4 is 29.7 Å². The normalized spacial score (nSPS) is 17.4. The molecule has 1 saturated carbocycles.